The molecule has 1 rings (SSSR count). The number of hydrogen-bond donors (Lipinski definition) is 0. The number of Topliss-reactive ketones (excluding diaryl/α,β-unsaturated/α-hetero) is 1. The van der Waals surface area contributed by atoms with Crippen LogP contribution in [0.2, 0.25) is 0 Å². The molecule has 1 aromatic rings. The molecule has 6 heteroatoms. The molecular formula is C13H16O5S. The van der Waals surface area contributed by atoms with Crippen molar-refractivity contribution in [1.82, 2.24) is 0 Å². The van der Waals surface area contributed by atoms with Crippen molar-refractivity contribution in [2.75, 3.05) is 12.9 Å². The Bertz CT molecular complexity index is 574. The summed E-state index contributed by atoms with van der Waals surface area (Å²) in [4.78, 5) is 22.7. The van der Waals surface area contributed by atoms with Crippen LogP contribution in [0.3, 0.4) is 0 Å². The number of rotatable bonds is 6. The van der Waals surface area contributed by atoms with Gasteiger partial charge in [0.1, 0.15) is 0 Å². The second kappa shape index (κ2) is 6.47. The minimum atomic E-state index is -3.27. The van der Waals surface area contributed by atoms with Crippen LogP contribution in [0.1, 0.15) is 18.9 Å². The van der Waals surface area contributed by atoms with Gasteiger partial charge in [-0.25, -0.2) is 13.2 Å². The van der Waals surface area contributed by atoms with Gasteiger partial charge in [-0.1, -0.05) is 12.1 Å². The van der Waals surface area contributed by atoms with Gasteiger partial charge in [-0.2, -0.15) is 0 Å². The lowest BCUT2D eigenvalue weighted by molar-refractivity contribution is -0.153. The van der Waals surface area contributed by atoms with Crippen LogP contribution >= 0.6 is 0 Å². The van der Waals surface area contributed by atoms with E-state index in [0.717, 1.165) is 6.26 Å². The molecule has 0 N–H and O–H groups in total. The van der Waals surface area contributed by atoms with Crippen LogP contribution < -0.4 is 0 Å². The maximum absolute atomic E-state index is 11.4. The predicted octanol–water partition coefficient (Wildman–Crippen LogP) is 1.15. The van der Waals surface area contributed by atoms with Gasteiger partial charge < -0.3 is 4.74 Å². The summed E-state index contributed by atoms with van der Waals surface area (Å²) >= 11 is 0. The molecule has 19 heavy (non-hydrogen) atoms. The van der Waals surface area contributed by atoms with E-state index in [1.165, 1.54) is 12.1 Å². The minimum Gasteiger partial charge on any atom is -0.460 e. The highest BCUT2D eigenvalue weighted by Crippen LogP contribution is 2.13. The smallest absolute Gasteiger partial charge is 0.374 e. The third-order valence-electron chi connectivity index (χ3n) is 2.47. The van der Waals surface area contributed by atoms with Gasteiger partial charge in [-0.05, 0) is 31.0 Å². The number of ketones is 1. The van der Waals surface area contributed by atoms with Crippen LogP contribution in [-0.4, -0.2) is 33.0 Å². The zero-order chi connectivity index (χ0) is 14.5. The second-order valence-electron chi connectivity index (χ2n) is 4.06. The van der Waals surface area contributed by atoms with Crippen molar-refractivity contribution < 1.29 is 22.7 Å². The number of benzene rings is 1. The van der Waals surface area contributed by atoms with Crippen molar-refractivity contribution in [2.45, 2.75) is 24.7 Å². The molecular weight excluding hydrogens is 268 g/mol. The van der Waals surface area contributed by atoms with Crippen LogP contribution in [0.5, 0.6) is 0 Å². The van der Waals surface area contributed by atoms with Gasteiger partial charge in [0.05, 0.1) is 11.5 Å². The maximum Gasteiger partial charge on any atom is 0.374 e. The van der Waals surface area contributed by atoms with Crippen LogP contribution in [0.25, 0.3) is 0 Å². The first kappa shape index (κ1) is 15.4. The van der Waals surface area contributed by atoms with Crippen molar-refractivity contribution in [1.29, 1.82) is 0 Å². The van der Waals surface area contributed by atoms with Crippen molar-refractivity contribution in [2.24, 2.45) is 0 Å². The van der Waals surface area contributed by atoms with E-state index >= 15 is 0 Å². The molecule has 0 radical (unpaired) electrons. The van der Waals surface area contributed by atoms with E-state index in [0.29, 0.717) is 12.0 Å². The van der Waals surface area contributed by atoms with E-state index in [1.807, 2.05) is 0 Å². The number of ether oxygens (including phenoxy) is 1. The number of sulfone groups is 1. The normalized spacial score (nSPS) is 11.1. The first-order valence-electron chi connectivity index (χ1n) is 5.83. The Balaban J connectivity index is 2.69. The summed E-state index contributed by atoms with van der Waals surface area (Å²) in [5.41, 5.74) is 0.695. The first-order chi connectivity index (χ1) is 8.84. The fraction of sp³-hybridized carbons (Fsp3) is 0.385. The van der Waals surface area contributed by atoms with Crippen LogP contribution in [0, 0.1) is 0 Å². The SMILES string of the molecule is CCOC(=O)C(=O)CCc1cccc(S(C)(=O)=O)c1. The molecule has 0 aliphatic rings. The van der Waals surface area contributed by atoms with Gasteiger partial charge in [0, 0.05) is 12.7 Å². The molecule has 5 nitrogen and oxygen atoms in total. The summed E-state index contributed by atoms with van der Waals surface area (Å²) in [6.07, 6.45) is 1.43. The Morgan fingerprint density at radius 2 is 1.95 bits per heavy atom. The fourth-order valence-electron chi connectivity index (χ4n) is 1.50. The van der Waals surface area contributed by atoms with Crippen LogP contribution in [-0.2, 0) is 30.6 Å². The number of aryl methyl sites for hydroxylation is 1. The molecule has 0 aliphatic carbocycles. The maximum atomic E-state index is 11.4. The van der Waals surface area contributed by atoms with Gasteiger partial charge in [0.15, 0.2) is 9.84 Å². The van der Waals surface area contributed by atoms with Crippen LogP contribution in [0.4, 0.5) is 0 Å². The molecule has 0 fully saturated rings. The number of carbonyl (C=O) groups excluding carboxylic acids is 2. The zero-order valence-electron chi connectivity index (χ0n) is 10.9. The summed E-state index contributed by atoms with van der Waals surface area (Å²) in [6.45, 7) is 1.79. The molecule has 0 saturated heterocycles. The highest BCUT2D eigenvalue weighted by molar-refractivity contribution is 7.90. The lowest BCUT2D eigenvalue weighted by Gasteiger charge is -2.04. The summed E-state index contributed by atoms with van der Waals surface area (Å²) in [7, 11) is -3.27. The Morgan fingerprint density at radius 1 is 1.26 bits per heavy atom. The van der Waals surface area contributed by atoms with Crippen molar-refractivity contribution in [3.8, 4) is 0 Å². The fourth-order valence-corrected chi connectivity index (χ4v) is 2.19. The number of carbonyl (C=O) groups is 2. The van der Waals surface area contributed by atoms with E-state index in [1.54, 1.807) is 19.1 Å². The van der Waals surface area contributed by atoms with E-state index in [-0.39, 0.29) is 17.9 Å². The first-order valence-corrected chi connectivity index (χ1v) is 7.72. The minimum absolute atomic E-state index is 0.00600. The molecule has 0 atom stereocenters. The number of hydrogen-bond acceptors (Lipinski definition) is 5. The van der Waals surface area contributed by atoms with Crippen molar-refractivity contribution in [3.63, 3.8) is 0 Å². The van der Waals surface area contributed by atoms with Gasteiger partial charge in [-0.3, -0.25) is 4.79 Å². The summed E-state index contributed by atoms with van der Waals surface area (Å²) in [5, 5.41) is 0. The highest BCUT2D eigenvalue weighted by atomic mass is 32.2. The monoisotopic (exact) mass is 284 g/mol. The van der Waals surface area contributed by atoms with E-state index in [2.05, 4.69) is 4.74 Å². The molecule has 1 aromatic carbocycles. The lowest BCUT2D eigenvalue weighted by Crippen LogP contribution is -2.17. The van der Waals surface area contributed by atoms with Crippen molar-refractivity contribution >= 4 is 21.6 Å². The quantitative estimate of drug-likeness (QED) is 0.578. The molecule has 0 bridgehead atoms. The van der Waals surface area contributed by atoms with Gasteiger partial charge in [0.25, 0.3) is 0 Å². The lowest BCUT2D eigenvalue weighted by atomic mass is 10.1. The average molecular weight is 284 g/mol. The second-order valence-corrected chi connectivity index (χ2v) is 6.08. The van der Waals surface area contributed by atoms with E-state index < -0.39 is 21.6 Å². The summed E-state index contributed by atoms with van der Waals surface area (Å²) in [6, 6.07) is 6.33. The molecule has 0 amide bonds. The van der Waals surface area contributed by atoms with Crippen LogP contribution in [0.15, 0.2) is 29.2 Å². The molecule has 0 aromatic heterocycles. The highest BCUT2D eigenvalue weighted by Gasteiger charge is 2.15. The molecule has 0 spiro atoms. The topological polar surface area (TPSA) is 77.5 Å². The number of esters is 1. The van der Waals surface area contributed by atoms with Crippen molar-refractivity contribution in [3.05, 3.63) is 29.8 Å². The third kappa shape index (κ3) is 4.82. The Morgan fingerprint density at radius 3 is 2.53 bits per heavy atom. The molecule has 0 unspecified atom stereocenters. The standard InChI is InChI=1S/C13H16O5S/c1-3-18-13(15)12(14)8-7-10-5-4-6-11(9-10)19(2,16)17/h4-6,9H,3,7-8H2,1-2H3. The third-order valence-corrected chi connectivity index (χ3v) is 3.58. The van der Waals surface area contributed by atoms with E-state index in [4.69, 9.17) is 0 Å². The summed E-state index contributed by atoms with van der Waals surface area (Å²) < 4.78 is 27.3. The Kier molecular flexibility index (Phi) is 5.23. The predicted molar refractivity (Wildman–Crippen MR) is 69.5 cm³/mol. The van der Waals surface area contributed by atoms with Gasteiger partial charge in [0.2, 0.25) is 5.78 Å². The average Bonchev–Trinajstić information content (AvgIpc) is 2.35. The molecule has 0 saturated carbocycles. The van der Waals surface area contributed by atoms with Gasteiger partial charge in [-0.15, -0.1) is 0 Å². The largest absolute Gasteiger partial charge is 0.460 e. The summed E-state index contributed by atoms with van der Waals surface area (Å²) in [5.74, 6) is -1.45. The zero-order valence-corrected chi connectivity index (χ0v) is 11.7. The Labute approximate surface area is 112 Å². The molecule has 104 valence electrons. The van der Waals surface area contributed by atoms with Gasteiger partial charge >= 0.3 is 5.97 Å². The molecule has 0 aliphatic heterocycles. The van der Waals surface area contributed by atoms with E-state index in [9.17, 15) is 18.0 Å². The molecule has 0 heterocycles. The Hall–Kier alpha value is -1.69.